The number of fused-ring (bicyclic) bond motifs is 2. The molecule has 2 unspecified atom stereocenters. The smallest absolute Gasteiger partial charge is 0.0333 e. The summed E-state index contributed by atoms with van der Waals surface area (Å²) in [6.07, 6.45) is 6.41. The van der Waals surface area contributed by atoms with Crippen molar-refractivity contribution in [1.82, 2.24) is 9.80 Å². The highest BCUT2D eigenvalue weighted by Crippen LogP contribution is 2.34. The van der Waals surface area contributed by atoms with Crippen LogP contribution in [-0.2, 0) is 32.4 Å². The van der Waals surface area contributed by atoms with Crippen molar-refractivity contribution < 1.29 is 0 Å². The summed E-state index contributed by atoms with van der Waals surface area (Å²) in [5.74, 6) is 1.44. The molecule has 2 aliphatic rings. The maximum Gasteiger partial charge on any atom is 0.0333 e. The van der Waals surface area contributed by atoms with Gasteiger partial charge in [-0.1, -0.05) is 20.8 Å². The molecule has 0 bridgehead atoms. The van der Waals surface area contributed by atoms with Gasteiger partial charge in [-0.2, -0.15) is 0 Å². The van der Waals surface area contributed by atoms with E-state index in [4.69, 9.17) is 0 Å². The van der Waals surface area contributed by atoms with Crippen LogP contribution in [0, 0.1) is 5.92 Å². The molecule has 0 aromatic carbocycles. The number of thiophene rings is 2. The summed E-state index contributed by atoms with van der Waals surface area (Å²) in [5.41, 5.74) is 3.27. The average molecular weight is 459 g/mol. The molecule has 0 fully saturated rings. The molecule has 2 nitrogen and oxygen atoms in total. The number of rotatable bonds is 8. The molecule has 0 radical (unpaired) electrons. The van der Waals surface area contributed by atoms with E-state index in [1.54, 1.807) is 30.6 Å². The largest absolute Gasteiger partial charge is 0.296 e. The fourth-order valence-corrected chi connectivity index (χ4v) is 7.77. The Balaban J connectivity index is 1.26. The van der Waals surface area contributed by atoms with Crippen molar-refractivity contribution in [2.75, 3.05) is 13.1 Å². The molecule has 2 aromatic heterocycles. The Kier molecular flexibility index (Phi) is 7.63. The molecule has 4 heteroatoms. The standard InChI is InChI=1S/C27H42N2S2/c1-18(2)25-15-23-10-12-29(17-27(23)31-25)21(6)8-7-20(5)13-24-14-22-9-11-28(19(3)4)16-26(22)30-24/h14-15,18-21H,7-13,16-17H2,1-6H3. The summed E-state index contributed by atoms with van der Waals surface area (Å²) in [6, 6.07) is 6.37. The van der Waals surface area contributed by atoms with Gasteiger partial charge in [-0.15, -0.1) is 22.7 Å². The summed E-state index contributed by atoms with van der Waals surface area (Å²) in [7, 11) is 0. The number of hydrogen-bond acceptors (Lipinski definition) is 4. The average Bonchev–Trinajstić information content (AvgIpc) is 3.34. The normalized spacial score (nSPS) is 19.6. The van der Waals surface area contributed by atoms with Crippen LogP contribution in [0.3, 0.4) is 0 Å². The maximum absolute atomic E-state index is 2.74. The van der Waals surface area contributed by atoms with Crippen LogP contribution in [0.1, 0.15) is 90.9 Å². The second kappa shape index (κ2) is 10.1. The molecule has 0 amide bonds. The molecule has 2 aromatic rings. The van der Waals surface area contributed by atoms with Crippen molar-refractivity contribution in [2.24, 2.45) is 5.92 Å². The molecule has 4 heterocycles. The summed E-state index contributed by atoms with van der Waals surface area (Å²) >= 11 is 4.16. The summed E-state index contributed by atoms with van der Waals surface area (Å²) < 4.78 is 0. The third kappa shape index (κ3) is 5.63. The van der Waals surface area contributed by atoms with E-state index in [0.717, 1.165) is 5.92 Å². The number of hydrogen-bond donors (Lipinski definition) is 0. The van der Waals surface area contributed by atoms with Crippen LogP contribution in [0.25, 0.3) is 0 Å². The molecule has 172 valence electrons. The zero-order valence-electron chi connectivity index (χ0n) is 20.5. The lowest BCUT2D eigenvalue weighted by atomic mass is 9.96. The third-order valence-corrected chi connectivity index (χ3v) is 10.1. The maximum atomic E-state index is 2.74. The van der Waals surface area contributed by atoms with Gasteiger partial charge in [-0.25, -0.2) is 0 Å². The van der Waals surface area contributed by atoms with E-state index < -0.39 is 0 Å². The lowest BCUT2D eigenvalue weighted by Gasteiger charge is -2.32. The molecule has 0 spiro atoms. The van der Waals surface area contributed by atoms with Crippen LogP contribution in [-0.4, -0.2) is 35.0 Å². The minimum Gasteiger partial charge on any atom is -0.296 e. The van der Waals surface area contributed by atoms with Gasteiger partial charge in [0.25, 0.3) is 0 Å². The van der Waals surface area contributed by atoms with Gasteiger partial charge in [0, 0.05) is 57.8 Å². The van der Waals surface area contributed by atoms with Gasteiger partial charge in [-0.3, -0.25) is 9.80 Å². The number of nitrogens with zero attached hydrogens (tertiary/aromatic N) is 2. The van der Waals surface area contributed by atoms with Crippen LogP contribution >= 0.6 is 22.7 Å². The Bertz CT molecular complexity index is 863. The summed E-state index contributed by atoms with van der Waals surface area (Å²) in [6.45, 7) is 19.0. The highest BCUT2D eigenvalue weighted by molar-refractivity contribution is 7.12. The minimum absolute atomic E-state index is 0.663. The van der Waals surface area contributed by atoms with Crippen LogP contribution < -0.4 is 0 Å². The van der Waals surface area contributed by atoms with Crippen LogP contribution in [0.2, 0.25) is 0 Å². The lowest BCUT2D eigenvalue weighted by Crippen LogP contribution is -2.37. The van der Waals surface area contributed by atoms with Crippen molar-refractivity contribution >= 4 is 22.7 Å². The van der Waals surface area contributed by atoms with E-state index in [-0.39, 0.29) is 0 Å². The molecular weight excluding hydrogens is 416 g/mol. The Hall–Kier alpha value is -0.680. The van der Waals surface area contributed by atoms with Gasteiger partial charge in [0.05, 0.1) is 0 Å². The second-order valence-corrected chi connectivity index (χ2v) is 13.1. The molecule has 0 N–H and O–H groups in total. The van der Waals surface area contributed by atoms with Crippen LogP contribution in [0.5, 0.6) is 0 Å². The van der Waals surface area contributed by atoms with Crippen molar-refractivity contribution in [3.63, 3.8) is 0 Å². The lowest BCUT2D eigenvalue weighted by molar-refractivity contribution is 0.177. The van der Waals surface area contributed by atoms with Gasteiger partial charge in [0.2, 0.25) is 0 Å². The van der Waals surface area contributed by atoms with Crippen LogP contribution in [0.4, 0.5) is 0 Å². The van der Waals surface area contributed by atoms with E-state index in [1.165, 1.54) is 58.3 Å². The first-order valence-corrected chi connectivity index (χ1v) is 14.1. The van der Waals surface area contributed by atoms with E-state index in [9.17, 15) is 0 Å². The minimum atomic E-state index is 0.663. The summed E-state index contributed by atoms with van der Waals surface area (Å²) in [5, 5.41) is 0. The van der Waals surface area contributed by atoms with Gasteiger partial charge in [-0.05, 0) is 88.0 Å². The SMILES string of the molecule is CC(CCC(C)N1CCc2cc(C(C)C)sc2C1)Cc1cc2c(s1)CN(C(C)C)CC2. The van der Waals surface area contributed by atoms with E-state index in [0.29, 0.717) is 18.0 Å². The fraction of sp³-hybridized carbons (Fsp3) is 0.704. The zero-order chi connectivity index (χ0) is 22.1. The van der Waals surface area contributed by atoms with Gasteiger partial charge >= 0.3 is 0 Å². The predicted molar refractivity (Wildman–Crippen MR) is 138 cm³/mol. The zero-order valence-corrected chi connectivity index (χ0v) is 22.2. The highest BCUT2D eigenvalue weighted by atomic mass is 32.1. The molecule has 0 saturated heterocycles. The second-order valence-electron chi connectivity index (χ2n) is 10.7. The van der Waals surface area contributed by atoms with Crippen molar-refractivity contribution in [3.05, 3.63) is 42.8 Å². The Morgan fingerprint density at radius 2 is 1.45 bits per heavy atom. The molecule has 4 rings (SSSR count). The van der Waals surface area contributed by atoms with Crippen molar-refractivity contribution in [1.29, 1.82) is 0 Å². The van der Waals surface area contributed by atoms with E-state index in [2.05, 4.69) is 86.1 Å². The first kappa shape index (κ1) is 23.5. The van der Waals surface area contributed by atoms with Crippen molar-refractivity contribution in [3.8, 4) is 0 Å². The Morgan fingerprint density at radius 1 is 0.806 bits per heavy atom. The molecule has 2 atom stereocenters. The van der Waals surface area contributed by atoms with Crippen molar-refractivity contribution in [2.45, 2.75) is 105 Å². The monoisotopic (exact) mass is 458 g/mol. The molecule has 31 heavy (non-hydrogen) atoms. The quantitative estimate of drug-likeness (QED) is 0.416. The summed E-state index contributed by atoms with van der Waals surface area (Å²) in [4.78, 5) is 11.8. The predicted octanol–water partition coefficient (Wildman–Crippen LogP) is 7.11. The molecule has 0 aliphatic carbocycles. The van der Waals surface area contributed by atoms with E-state index in [1.807, 2.05) is 0 Å². The molecule has 2 aliphatic heterocycles. The first-order valence-electron chi connectivity index (χ1n) is 12.5. The first-order chi connectivity index (χ1) is 14.8. The van der Waals surface area contributed by atoms with Crippen LogP contribution in [0.15, 0.2) is 12.1 Å². The Morgan fingerprint density at radius 3 is 2.16 bits per heavy atom. The molecule has 0 saturated carbocycles. The van der Waals surface area contributed by atoms with E-state index >= 15 is 0 Å². The van der Waals surface area contributed by atoms with Gasteiger partial charge < -0.3 is 0 Å². The fourth-order valence-electron chi connectivity index (χ4n) is 5.12. The molecular formula is C27H42N2S2. The third-order valence-electron chi connectivity index (χ3n) is 7.44. The highest BCUT2D eigenvalue weighted by Gasteiger charge is 2.24. The Labute approximate surface area is 198 Å². The van der Waals surface area contributed by atoms with Gasteiger partial charge in [0.15, 0.2) is 0 Å². The topological polar surface area (TPSA) is 6.48 Å². The van der Waals surface area contributed by atoms with Gasteiger partial charge in [0.1, 0.15) is 0 Å².